The number of nitriles is 1. The van der Waals surface area contributed by atoms with Gasteiger partial charge in [0.1, 0.15) is 11.9 Å². The Morgan fingerprint density at radius 2 is 2.18 bits per heavy atom. The van der Waals surface area contributed by atoms with E-state index >= 15 is 0 Å². The zero-order chi connectivity index (χ0) is 11.1. The van der Waals surface area contributed by atoms with Gasteiger partial charge in [0.05, 0.1) is 11.6 Å². The third kappa shape index (κ3) is 1.78. The number of aromatic nitrogens is 1. The summed E-state index contributed by atoms with van der Waals surface area (Å²) in [6, 6.07) is 7.10. The van der Waals surface area contributed by atoms with E-state index in [0.29, 0.717) is 17.0 Å². The molecule has 88 valence electrons. The highest BCUT2D eigenvalue weighted by Crippen LogP contribution is 2.26. The number of benzene rings is 1. The average molecular weight is 252 g/mol. The van der Waals surface area contributed by atoms with Crippen LogP contribution in [-0.2, 0) is 0 Å². The predicted molar refractivity (Wildman–Crippen MR) is 65.8 cm³/mol. The summed E-state index contributed by atoms with van der Waals surface area (Å²) in [5, 5.41) is 12.9. The average Bonchev–Trinajstić information content (AvgIpc) is 2.54. The van der Waals surface area contributed by atoms with E-state index in [4.69, 9.17) is 5.26 Å². The number of nitrogens with zero attached hydrogens (tertiary/aromatic N) is 2. The van der Waals surface area contributed by atoms with Crippen LogP contribution in [0.1, 0.15) is 11.6 Å². The molecule has 0 saturated carbocycles. The third-order valence-corrected chi connectivity index (χ3v) is 3.07. The summed E-state index contributed by atoms with van der Waals surface area (Å²) in [5.74, 6) is -0.298. The van der Waals surface area contributed by atoms with Gasteiger partial charge in [-0.25, -0.2) is 4.39 Å². The van der Waals surface area contributed by atoms with Crippen molar-refractivity contribution in [3.63, 3.8) is 0 Å². The zero-order valence-corrected chi connectivity index (χ0v) is 9.80. The van der Waals surface area contributed by atoms with Crippen LogP contribution in [0, 0.1) is 17.1 Å². The van der Waals surface area contributed by atoms with Crippen LogP contribution in [0.2, 0.25) is 0 Å². The van der Waals surface area contributed by atoms with E-state index in [1.807, 2.05) is 6.20 Å². The van der Waals surface area contributed by atoms with Crippen LogP contribution in [0.4, 0.5) is 4.39 Å². The fourth-order valence-corrected chi connectivity index (χ4v) is 2.09. The molecule has 0 amide bonds. The molecule has 2 heterocycles. The monoisotopic (exact) mass is 251 g/mol. The minimum absolute atomic E-state index is 0. The number of fused-ring (bicyclic) bond motifs is 1. The van der Waals surface area contributed by atoms with Crippen molar-refractivity contribution in [1.82, 2.24) is 9.88 Å². The lowest BCUT2D eigenvalue weighted by molar-refractivity contribution is 0.351. The summed E-state index contributed by atoms with van der Waals surface area (Å²) >= 11 is 0. The van der Waals surface area contributed by atoms with Crippen molar-refractivity contribution >= 4 is 23.3 Å². The Morgan fingerprint density at radius 3 is 2.76 bits per heavy atom. The van der Waals surface area contributed by atoms with E-state index in [-0.39, 0.29) is 18.2 Å². The van der Waals surface area contributed by atoms with E-state index in [9.17, 15) is 4.39 Å². The van der Waals surface area contributed by atoms with Crippen LogP contribution in [0.5, 0.6) is 0 Å². The summed E-state index contributed by atoms with van der Waals surface area (Å²) < 4.78 is 15.2. The maximum Gasteiger partial charge on any atom is 0.124 e. The second-order valence-corrected chi connectivity index (χ2v) is 4.04. The molecule has 1 N–H and O–H groups in total. The molecule has 0 aliphatic carbocycles. The fourth-order valence-electron chi connectivity index (χ4n) is 2.09. The smallest absolute Gasteiger partial charge is 0.124 e. The molecule has 0 atom stereocenters. The number of hydrogen-bond donors (Lipinski definition) is 1. The molecule has 1 aliphatic rings. The van der Waals surface area contributed by atoms with E-state index in [1.165, 1.54) is 12.1 Å². The van der Waals surface area contributed by atoms with Gasteiger partial charge in [-0.15, -0.1) is 12.4 Å². The first-order chi connectivity index (χ1) is 7.79. The zero-order valence-electron chi connectivity index (χ0n) is 8.98. The normalized spacial score (nSPS) is 15.1. The van der Waals surface area contributed by atoms with Crippen LogP contribution < -0.4 is 5.32 Å². The van der Waals surface area contributed by atoms with Gasteiger partial charge in [-0.05, 0) is 18.2 Å². The molecule has 2 aromatic rings. The van der Waals surface area contributed by atoms with Gasteiger partial charge in [0.25, 0.3) is 0 Å². The van der Waals surface area contributed by atoms with E-state index in [1.54, 1.807) is 6.07 Å². The van der Waals surface area contributed by atoms with Gasteiger partial charge >= 0.3 is 0 Å². The summed E-state index contributed by atoms with van der Waals surface area (Å²) in [4.78, 5) is 0. The van der Waals surface area contributed by atoms with Gasteiger partial charge in [0, 0.05) is 30.2 Å². The van der Waals surface area contributed by atoms with E-state index < -0.39 is 0 Å². The highest BCUT2D eigenvalue weighted by Gasteiger charge is 2.21. The van der Waals surface area contributed by atoms with Gasteiger partial charge < -0.3 is 9.88 Å². The van der Waals surface area contributed by atoms with Gasteiger partial charge in [0.2, 0.25) is 0 Å². The quantitative estimate of drug-likeness (QED) is 0.844. The van der Waals surface area contributed by atoms with E-state index in [0.717, 1.165) is 18.6 Å². The maximum absolute atomic E-state index is 13.1. The molecular formula is C12H11ClFN3. The molecular weight excluding hydrogens is 241 g/mol. The van der Waals surface area contributed by atoms with Gasteiger partial charge in [-0.2, -0.15) is 5.26 Å². The second kappa shape index (κ2) is 4.36. The van der Waals surface area contributed by atoms with Crippen LogP contribution in [0.3, 0.4) is 0 Å². The Hall–Kier alpha value is -1.57. The number of halogens is 2. The van der Waals surface area contributed by atoms with Crippen molar-refractivity contribution in [1.29, 1.82) is 5.26 Å². The first kappa shape index (κ1) is 11.9. The van der Waals surface area contributed by atoms with Gasteiger partial charge in [-0.3, -0.25) is 0 Å². The Morgan fingerprint density at radius 1 is 1.41 bits per heavy atom. The van der Waals surface area contributed by atoms with Crippen molar-refractivity contribution in [3.8, 4) is 6.07 Å². The number of nitrogens with one attached hydrogen (secondary N) is 1. The molecule has 1 aromatic heterocycles. The summed E-state index contributed by atoms with van der Waals surface area (Å²) in [5.41, 5.74) is 1.48. The number of rotatable bonds is 1. The van der Waals surface area contributed by atoms with Crippen LogP contribution >= 0.6 is 12.4 Å². The molecule has 0 bridgehead atoms. The molecule has 0 radical (unpaired) electrons. The Labute approximate surface area is 104 Å². The summed E-state index contributed by atoms with van der Waals surface area (Å²) in [6.07, 6.45) is 1.82. The Kier molecular flexibility index (Phi) is 3.05. The molecule has 0 spiro atoms. The standard InChI is InChI=1S/C12H10FN3.ClH/c13-9-1-2-12-11(3-9)8(4-14)7-16(12)10-5-15-6-10;/h1-3,7,10,15H,5-6H2;1H. The van der Waals surface area contributed by atoms with Crippen molar-refractivity contribution in [3.05, 3.63) is 35.8 Å². The lowest BCUT2D eigenvalue weighted by Gasteiger charge is -2.29. The molecule has 17 heavy (non-hydrogen) atoms. The molecule has 1 aliphatic heterocycles. The molecule has 1 fully saturated rings. The van der Waals surface area contributed by atoms with Gasteiger partial charge in [0.15, 0.2) is 0 Å². The maximum atomic E-state index is 13.1. The molecule has 1 saturated heterocycles. The van der Waals surface area contributed by atoms with Crippen molar-refractivity contribution in [2.24, 2.45) is 0 Å². The summed E-state index contributed by atoms with van der Waals surface area (Å²) in [7, 11) is 0. The van der Waals surface area contributed by atoms with Crippen molar-refractivity contribution in [2.75, 3.05) is 13.1 Å². The lowest BCUT2D eigenvalue weighted by Crippen LogP contribution is -2.43. The van der Waals surface area contributed by atoms with Crippen LogP contribution in [0.25, 0.3) is 10.9 Å². The Bertz CT molecular complexity index is 596. The number of hydrogen-bond acceptors (Lipinski definition) is 2. The summed E-state index contributed by atoms with van der Waals surface area (Å²) in [6.45, 7) is 1.82. The molecule has 1 aromatic carbocycles. The van der Waals surface area contributed by atoms with Crippen LogP contribution in [-0.4, -0.2) is 17.7 Å². The minimum atomic E-state index is -0.298. The largest absolute Gasteiger partial charge is 0.340 e. The second-order valence-electron chi connectivity index (χ2n) is 4.04. The highest BCUT2D eigenvalue weighted by molar-refractivity contribution is 5.86. The minimum Gasteiger partial charge on any atom is -0.340 e. The topological polar surface area (TPSA) is 40.8 Å². The highest BCUT2D eigenvalue weighted by atomic mass is 35.5. The molecule has 3 rings (SSSR count). The lowest BCUT2D eigenvalue weighted by atomic mass is 10.1. The Balaban J connectivity index is 0.00000108. The van der Waals surface area contributed by atoms with Gasteiger partial charge in [-0.1, -0.05) is 0 Å². The first-order valence-corrected chi connectivity index (χ1v) is 5.20. The van der Waals surface area contributed by atoms with E-state index in [2.05, 4.69) is 16.0 Å². The van der Waals surface area contributed by atoms with Crippen LogP contribution in [0.15, 0.2) is 24.4 Å². The first-order valence-electron chi connectivity index (χ1n) is 5.20. The third-order valence-electron chi connectivity index (χ3n) is 3.07. The SMILES string of the molecule is Cl.N#Cc1cn(C2CNC2)c2ccc(F)cc12. The fraction of sp³-hybridized carbons (Fsp3) is 0.250. The molecule has 5 heteroatoms. The molecule has 3 nitrogen and oxygen atoms in total. The molecule has 0 unspecified atom stereocenters. The van der Waals surface area contributed by atoms with Crippen molar-refractivity contribution in [2.45, 2.75) is 6.04 Å². The van der Waals surface area contributed by atoms with Crippen molar-refractivity contribution < 1.29 is 4.39 Å². The predicted octanol–water partition coefficient (Wildman–Crippen LogP) is 2.22.